The number of hydrogen-bond donors (Lipinski definition) is 2. The molecule has 0 aliphatic heterocycles. The Labute approximate surface area is 98.2 Å². The third-order valence-corrected chi connectivity index (χ3v) is 2.82. The van der Waals surface area contributed by atoms with Gasteiger partial charge in [0.1, 0.15) is 5.01 Å². The van der Waals surface area contributed by atoms with Crippen LogP contribution in [0.5, 0.6) is 0 Å². The summed E-state index contributed by atoms with van der Waals surface area (Å²) in [6.45, 7) is 4.80. The van der Waals surface area contributed by atoms with E-state index in [0.29, 0.717) is 29.8 Å². The first kappa shape index (κ1) is 12.9. The quantitative estimate of drug-likeness (QED) is 0.720. The average Bonchev–Trinajstić information content (AvgIpc) is 2.65. The normalized spacial score (nSPS) is 12.4. The van der Waals surface area contributed by atoms with E-state index in [1.165, 1.54) is 11.3 Å². The highest BCUT2D eigenvalue weighted by Crippen LogP contribution is 2.18. The number of nitrogens with one attached hydrogen (secondary N) is 1. The fourth-order valence-corrected chi connectivity index (χ4v) is 1.72. The van der Waals surface area contributed by atoms with E-state index in [4.69, 9.17) is 10.5 Å². The lowest BCUT2D eigenvalue weighted by atomic mass is 10.3. The van der Waals surface area contributed by atoms with Crippen LogP contribution in [0.4, 0.5) is 5.13 Å². The number of amides is 1. The maximum atomic E-state index is 11.4. The van der Waals surface area contributed by atoms with Gasteiger partial charge in [-0.15, -0.1) is 10.2 Å². The van der Waals surface area contributed by atoms with Gasteiger partial charge in [-0.1, -0.05) is 11.3 Å². The summed E-state index contributed by atoms with van der Waals surface area (Å²) in [5.74, 6) is -0.0604. The predicted molar refractivity (Wildman–Crippen MR) is 62.0 cm³/mol. The summed E-state index contributed by atoms with van der Waals surface area (Å²) in [7, 11) is 0. The molecule has 0 fully saturated rings. The predicted octanol–water partition coefficient (Wildman–Crippen LogP) is 0.724. The summed E-state index contributed by atoms with van der Waals surface area (Å²) in [6, 6.07) is -0.163. The molecule has 3 N–H and O–H groups in total. The summed E-state index contributed by atoms with van der Waals surface area (Å²) in [5, 5.41) is 11.5. The number of hydrogen-bond acceptors (Lipinski definition) is 6. The molecule has 0 saturated carbocycles. The minimum Gasteiger partial charge on any atom is -0.381 e. The van der Waals surface area contributed by atoms with Crippen LogP contribution >= 0.6 is 11.3 Å². The summed E-state index contributed by atoms with van der Waals surface area (Å²) >= 11 is 1.28. The number of ether oxygens (including phenoxy) is 1. The fraction of sp³-hybridized carbons (Fsp3) is 0.667. The van der Waals surface area contributed by atoms with E-state index in [9.17, 15) is 4.79 Å². The van der Waals surface area contributed by atoms with E-state index in [1.54, 1.807) is 0 Å². The number of rotatable bonds is 6. The molecule has 0 aliphatic carbocycles. The Morgan fingerprint density at radius 2 is 2.38 bits per heavy atom. The van der Waals surface area contributed by atoms with Crippen molar-refractivity contribution < 1.29 is 9.53 Å². The Kier molecular flexibility index (Phi) is 5.13. The van der Waals surface area contributed by atoms with Crippen molar-refractivity contribution in [2.75, 3.05) is 18.9 Å². The Morgan fingerprint density at radius 1 is 1.62 bits per heavy atom. The van der Waals surface area contributed by atoms with Gasteiger partial charge in [-0.05, 0) is 13.8 Å². The summed E-state index contributed by atoms with van der Waals surface area (Å²) < 4.78 is 5.09. The summed E-state index contributed by atoms with van der Waals surface area (Å²) in [4.78, 5) is 11.4. The van der Waals surface area contributed by atoms with E-state index >= 15 is 0 Å². The number of aromatic nitrogens is 2. The van der Waals surface area contributed by atoms with Crippen molar-refractivity contribution in [2.24, 2.45) is 0 Å². The molecule has 1 aromatic rings. The van der Waals surface area contributed by atoms with Gasteiger partial charge >= 0.3 is 0 Å². The average molecular weight is 244 g/mol. The van der Waals surface area contributed by atoms with Crippen molar-refractivity contribution in [3.63, 3.8) is 0 Å². The molecule has 1 aromatic heterocycles. The number of anilines is 1. The van der Waals surface area contributed by atoms with Crippen LogP contribution in [0.25, 0.3) is 0 Å². The number of nitrogen functional groups attached to an aromatic ring is 1. The van der Waals surface area contributed by atoms with E-state index < -0.39 is 0 Å². The molecule has 0 saturated heterocycles. The highest BCUT2D eigenvalue weighted by atomic mass is 32.1. The van der Waals surface area contributed by atoms with Crippen molar-refractivity contribution in [1.29, 1.82) is 0 Å². The molecular weight excluding hydrogens is 228 g/mol. The minimum absolute atomic E-state index is 0.0604. The van der Waals surface area contributed by atoms with Crippen LogP contribution in [0, 0.1) is 0 Å². The number of carbonyl (C=O) groups is 1. The first-order valence-electron chi connectivity index (χ1n) is 5.09. The monoisotopic (exact) mass is 244 g/mol. The van der Waals surface area contributed by atoms with Gasteiger partial charge in [-0.2, -0.15) is 0 Å². The van der Waals surface area contributed by atoms with Crippen LogP contribution in [0.3, 0.4) is 0 Å². The molecule has 1 unspecified atom stereocenters. The lowest BCUT2D eigenvalue weighted by Crippen LogP contribution is -2.27. The van der Waals surface area contributed by atoms with Gasteiger partial charge in [0.05, 0.1) is 12.6 Å². The topological polar surface area (TPSA) is 90.1 Å². The van der Waals surface area contributed by atoms with E-state index in [-0.39, 0.29) is 11.9 Å². The van der Waals surface area contributed by atoms with Crippen molar-refractivity contribution in [3.05, 3.63) is 5.01 Å². The van der Waals surface area contributed by atoms with E-state index in [2.05, 4.69) is 15.5 Å². The van der Waals surface area contributed by atoms with Crippen molar-refractivity contribution in [3.8, 4) is 0 Å². The second-order valence-corrected chi connectivity index (χ2v) is 4.26. The zero-order chi connectivity index (χ0) is 12.0. The van der Waals surface area contributed by atoms with Crippen molar-refractivity contribution >= 4 is 22.4 Å². The maximum Gasteiger partial charge on any atom is 0.222 e. The molecule has 6 nitrogen and oxygen atoms in total. The van der Waals surface area contributed by atoms with Crippen molar-refractivity contribution in [1.82, 2.24) is 15.5 Å². The Bertz CT molecular complexity index is 342. The molecule has 1 amide bonds. The number of carbonyl (C=O) groups excluding carboxylic acids is 1. The molecule has 1 atom stereocenters. The molecule has 0 bridgehead atoms. The van der Waals surface area contributed by atoms with E-state index in [1.807, 2.05) is 13.8 Å². The molecule has 90 valence electrons. The first-order valence-corrected chi connectivity index (χ1v) is 5.91. The second kappa shape index (κ2) is 6.39. The van der Waals surface area contributed by atoms with Gasteiger partial charge in [-0.3, -0.25) is 4.79 Å². The molecule has 16 heavy (non-hydrogen) atoms. The molecule has 0 radical (unpaired) electrons. The Morgan fingerprint density at radius 3 is 2.94 bits per heavy atom. The van der Waals surface area contributed by atoms with Crippen molar-refractivity contribution in [2.45, 2.75) is 26.3 Å². The molecule has 1 rings (SSSR count). The maximum absolute atomic E-state index is 11.4. The highest BCUT2D eigenvalue weighted by Gasteiger charge is 2.13. The first-order chi connectivity index (χ1) is 7.63. The van der Waals surface area contributed by atoms with Gasteiger partial charge < -0.3 is 15.8 Å². The minimum atomic E-state index is -0.163. The lowest BCUT2D eigenvalue weighted by molar-refractivity contribution is -0.122. The van der Waals surface area contributed by atoms with Crippen LogP contribution < -0.4 is 11.1 Å². The highest BCUT2D eigenvalue weighted by molar-refractivity contribution is 7.15. The SMILES string of the molecule is CCOCCC(=O)NC(C)c1nnc(N)s1. The summed E-state index contributed by atoms with van der Waals surface area (Å²) in [5.41, 5.74) is 5.46. The zero-order valence-corrected chi connectivity index (χ0v) is 10.2. The largest absolute Gasteiger partial charge is 0.381 e. The molecule has 1 heterocycles. The summed E-state index contributed by atoms with van der Waals surface area (Å²) in [6.07, 6.45) is 0.354. The van der Waals surface area contributed by atoms with Crippen LogP contribution in [-0.2, 0) is 9.53 Å². The second-order valence-electron chi connectivity index (χ2n) is 3.21. The zero-order valence-electron chi connectivity index (χ0n) is 9.40. The van der Waals surface area contributed by atoms with Gasteiger partial charge in [0.15, 0.2) is 0 Å². The molecule has 0 aliphatic rings. The third kappa shape index (κ3) is 4.11. The van der Waals surface area contributed by atoms with Gasteiger partial charge in [0.25, 0.3) is 0 Å². The number of nitrogens with two attached hydrogens (primary N) is 1. The van der Waals surface area contributed by atoms with Gasteiger partial charge in [0, 0.05) is 13.0 Å². The smallest absolute Gasteiger partial charge is 0.222 e. The standard InChI is InChI=1S/C9H16N4O2S/c1-3-15-5-4-7(14)11-6(2)8-12-13-9(10)16-8/h6H,3-5H2,1-2H3,(H2,10,13)(H,11,14). The van der Waals surface area contributed by atoms with E-state index in [0.717, 1.165) is 0 Å². The van der Waals surface area contributed by atoms with Crippen LogP contribution in [0.15, 0.2) is 0 Å². The molecule has 0 spiro atoms. The molecule has 7 heteroatoms. The molecular formula is C9H16N4O2S. The third-order valence-electron chi connectivity index (χ3n) is 1.88. The Hall–Kier alpha value is -1.21. The van der Waals surface area contributed by atoms with Crippen LogP contribution in [-0.4, -0.2) is 29.3 Å². The van der Waals surface area contributed by atoms with Crippen LogP contribution in [0.1, 0.15) is 31.3 Å². The van der Waals surface area contributed by atoms with Gasteiger partial charge in [-0.25, -0.2) is 0 Å². The lowest BCUT2D eigenvalue weighted by Gasteiger charge is -2.10. The fourth-order valence-electron chi connectivity index (χ4n) is 1.11. The Balaban J connectivity index is 2.33. The van der Waals surface area contributed by atoms with Gasteiger partial charge in [0.2, 0.25) is 11.0 Å². The van der Waals surface area contributed by atoms with Crippen LogP contribution in [0.2, 0.25) is 0 Å². The molecule has 0 aromatic carbocycles. The number of nitrogens with zero attached hydrogens (tertiary/aromatic N) is 2.